The summed E-state index contributed by atoms with van der Waals surface area (Å²) >= 11 is 5.95. The maximum Gasteiger partial charge on any atom is 0.231 e. The van der Waals surface area contributed by atoms with Gasteiger partial charge in [0.25, 0.3) is 0 Å². The van der Waals surface area contributed by atoms with Crippen LogP contribution in [0.15, 0.2) is 24.3 Å². The first-order chi connectivity index (χ1) is 9.45. The van der Waals surface area contributed by atoms with E-state index in [-0.39, 0.29) is 5.28 Å². The number of nitrogens with zero attached hydrogens (tertiary/aromatic N) is 5. The van der Waals surface area contributed by atoms with Gasteiger partial charge in [0.2, 0.25) is 17.2 Å². The van der Waals surface area contributed by atoms with Gasteiger partial charge in [0.05, 0.1) is 0 Å². The van der Waals surface area contributed by atoms with E-state index in [2.05, 4.69) is 46.1 Å². The molecule has 1 aromatic heterocycles. The summed E-state index contributed by atoms with van der Waals surface area (Å²) in [5.74, 6) is 1.12. The summed E-state index contributed by atoms with van der Waals surface area (Å²) in [4.78, 5) is 16.4. The molecule has 0 atom stereocenters. The van der Waals surface area contributed by atoms with E-state index >= 15 is 0 Å². The molecule has 0 saturated heterocycles. The van der Waals surface area contributed by atoms with E-state index < -0.39 is 0 Å². The third-order valence-corrected chi connectivity index (χ3v) is 3.04. The first kappa shape index (κ1) is 14.5. The molecule has 5 nitrogen and oxygen atoms in total. The fraction of sp³-hybridized carbons (Fsp3) is 0.357. The van der Waals surface area contributed by atoms with E-state index in [1.165, 1.54) is 11.1 Å². The molecule has 20 heavy (non-hydrogen) atoms. The van der Waals surface area contributed by atoms with Gasteiger partial charge < -0.3 is 9.80 Å². The highest BCUT2D eigenvalue weighted by Crippen LogP contribution is 2.16. The monoisotopic (exact) mass is 291 g/mol. The zero-order valence-corrected chi connectivity index (χ0v) is 12.9. The Balaban J connectivity index is 2.20. The Labute approximate surface area is 124 Å². The van der Waals surface area contributed by atoms with Gasteiger partial charge in [-0.25, -0.2) is 0 Å². The third-order valence-electron chi connectivity index (χ3n) is 2.87. The van der Waals surface area contributed by atoms with E-state index in [9.17, 15) is 0 Å². The average Bonchev–Trinajstić information content (AvgIpc) is 2.40. The third kappa shape index (κ3) is 3.57. The predicted octanol–water partition coefficient (Wildman–Crippen LogP) is 2.54. The molecule has 0 aliphatic rings. The van der Waals surface area contributed by atoms with E-state index in [4.69, 9.17) is 11.6 Å². The van der Waals surface area contributed by atoms with Crippen molar-refractivity contribution in [1.82, 2.24) is 15.0 Å². The summed E-state index contributed by atoms with van der Waals surface area (Å²) < 4.78 is 0. The fourth-order valence-electron chi connectivity index (χ4n) is 1.74. The van der Waals surface area contributed by atoms with Gasteiger partial charge in [-0.05, 0) is 24.1 Å². The molecule has 1 aromatic carbocycles. The molecule has 2 aromatic rings. The Bertz CT molecular complexity index is 583. The largest absolute Gasteiger partial charge is 0.347 e. The number of aryl methyl sites for hydroxylation is 1. The van der Waals surface area contributed by atoms with E-state index in [0.29, 0.717) is 18.4 Å². The van der Waals surface area contributed by atoms with Crippen molar-refractivity contribution in [3.8, 4) is 0 Å². The quantitative estimate of drug-likeness (QED) is 0.866. The van der Waals surface area contributed by atoms with Gasteiger partial charge in [0.15, 0.2) is 0 Å². The zero-order chi connectivity index (χ0) is 14.7. The highest BCUT2D eigenvalue weighted by atomic mass is 35.5. The molecule has 2 rings (SSSR count). The molecule has 1 heterocycles. The molecule has 6 heteroatoms. The summed E-state index contributed by atoms with van der Waals surface area (Å²) in [5.41, 5.74) is 2.44. The minimum Gasteiger partial charge on any atom is -0.347 e. The van der Waals surface area contributed by atoms with Gasteiger partial charge in [0, 0.05) is 27.7 Å². The molecule has 106 valence electrons. The van der Waals surface area contributed by atoms with Gasteiger partial charge in [0.1, 0.15) is 0 Å². The molecule has 0 aliphatic carbocycles. The van der Waals surface area contributed by atoms with Crippen LogP contribution in [0, 0.1) is 6.92 Å². The minimum absolute atomic E-state index is 0.203. The van der Waals surface area contributed by atoms with Gasteiger partial charge in [-0.3, -0.25) is 0 Å². The molecule has 0 spiro atoms. The van der Waals surface area contributed by atoms with Crippen LogP contribution in [0.25, 0.3) is 0 Å². The molecule has 0 fully saturated rings. The van der Waals surface area contributed by atoms with Crippen molar-refractivity contribution in [3.63, 3.8) is 0 Å². The van der Waals surface area contributed by atoms with Crippen molar-refractivity contribution in [2.24, 2.45) is 0 Å². The maximum atomic E-state index is 5.95. The van der Waals surface area contributed by atoms with Crippen molar-refractivity contribution >= 4 is 23.5 Å². The van der Waals surface area contributed by atoms with Crippen molar-refractivity contribution < 1.29 is 0 Å². The summed E-state index contributed by atoms with van der Waals surface area (Å²) in [5, 5.41) is 0.203. The minimum atomic E-state index is 0.203. The van der Waals surface area contributed by atoms with E-state index in [1.807, 2.05) is 26.0 Å². The SMILES string of the molecule is Cc1ccc(CN(C)c2nc(Cl)nc(N(C)C)n2)cc1. The van der Waals surface area contributed by atoms with Gasteiger partial charge in [-0.2, -0.15) is 15.0 Å². The van der Waals surface area contributed by atoms with Crippen molar-refractivity contribution in [2.75, 3.05) is 30.9 Å². The van der Waals surface area contributed by atoms with Crippen LogP contribution >= 0.6 is 11.6 Å². The normalized spacial score (nSPS) is 10.4. The van der Waals surface area contributed by atoms with Crippen LogP contribution in [-0.4, -0.2) is 36.1 Å². The second kappa shape index (κ2) is 6.05. The van der Waals surface area contributed by atoms with Crippen molar-refractivity contribution in [1.29, 1.82) is 0 Å². The van der Waals surface area contributed by atoms with Crippen LogP contribution < -0.4 is 9.80 Å². The lowest BCUT2D eigenvalue weighted by atomic mass is 10.1. The van der Waals surface area contributed by atoms with Crippen LogP contribution in [0.5, 0.6) is 0 Å². The van der Waals surface area contributed by atoms with Crippen molar-refractivity contribution in [2.45, 2.75) is 13.5 Å². The Kier molecular flexibility index (Phi) is 4.39. The average molecular weight is 292 g/mol. The first-order valence-electron chi connectivity index (χ1n) is 6.31. The number of hydrogen-bond donors (Lipinski definition) is 0. The zero-order valence-electron chi connectivity index (χ0n) is 12.1. The van der Waals surface area contributed by atoms with Crippen LogP contribution in [0.1, 0.15) is 11.1 Å². The highest BCUT2D eigenvalue weighted by molar-refractivity contribution is 6.28. The second-order valence-corrected chi connectivity index (χ2v) is 5.28. The molecular formula is C14H18ClN5. The summed E-state index contributed by atoms with van der Waals surface area (Å²) in [6, 6.07) is 8.38. The fourth-order valence-corrected chi connectivity index (χ4v) is 1.89. The lowest BCUT2D eigenvalue weighted by Crippen LogP contribution is -2.22. The second-order valence-electron chi connectivity index (χ2n) is 4.94. The van der Waals surface area contributed by atoms with E-state index in [1.54, 1.807) is 4.90 Å². The summed E-state index contributed by atoms with van der Waals surface area (Å²) in [7, 11) is 5.68. The topological polar surface area (TPSA) is 45.2 Å². The molecule has 0 amide bonds. The predicted molar refractivity (Wildman–Crippen MR) is 82.5 cm³/mol. The lowest BCUT2D eigenvalue weighted by Gasteiger charge is -2.19. The maximum absolute atomic E-state index is 5.95. The van der Waals surface area contributed by atoms with Gasteiger partial charge in [-0.1, -0.05) is 29.8 Å². The van der Waals surface area contributed by atoms with Crippen LogP contribution in [0.3, 0.4) is 0 Å². The van der Waals surface area contributed by atoms with Gasteiger partial charge >= 0.3 is 0 Å². The van der Waals surface area contributed by atoms with E-state index in [0.717, 1.165) is 0 Å². The molecule has 0 N–H and O–H groups in total. The van der Waals surface area contributed by atoms with Crippen LogP contribution in [0.4, 0.5) is 11.9 Å². The number of anilines is 2. The Morgan fingerprint density at radius 1 is 0.950 bits per heavy atom. The smallest absolute Gasteiger partial charge is 0.231 e. The number of hydrogen-bond acceptors (Lipinski definition) is 5. The van der Waals surface area contributed by atoms with Crippen LogP contribution in [-0.2, 0) is 6.54 Å². The summed E-state index contributed by atoms with van der Waals surface area (Å²) in [6.07, 6.45) is 0. The van der Waals surface area contributed by atoms with Crippen LogP contribution in [0.2, 0.25) is 5.28 Å². The first-order valence-corrected chi connectivity index (χ1v) is 6.69. The molecule has 0 bridgehead atoms. The number of rotatable bonds is 4. The number of aromatic nitrogens is 3. The molecule has 0 aliphatic heterocycles. The lowest BCUT2D eigenvalue weighted by molar-refractivity contribution is 0.841. The van der Waals surface area contributed by atoms with Gasteiger partial charge in [-0.15, -0.1) is 0 Å². The molecular weight excluding hydrogens is 274 g/mol. The Morgan fingerprint density at radius 2 is 1.55 bits per heavy atom. The molecule has 0 saturated carbocycles. The van der Waals surface area contributed by atoms with Crippen molar-refractivity contribution in [3.05, 3.63) is 40.7 Å². The number of halogens is 1. The Morgan fingerprint density at radius 3 is 2.15 bits per heavy atom. The number of benzene rings is 1. The Hall–Kier alpha value is -1.88. The highest BCUT2D eigenvalue weighted by Gasteiger charge is 2.11. The summed E-state index contributed by atoms with van der Waals surface area (Å²) in [6.45, 7) is 2.79. The molecule has 0 unspecified atom stereocenters. The standard InChI is InChI=1S/C14H18ClN5/c1-10-5-7-11(8-6-10)9-20(4)14-17-12(15)16-13(18-14)19(2)3/h5-8H,9H2,1-4H3. The molecule has 0 radical (unpaired) electrons.